The monoisotopic (exact) mass is 317 g/mol. The summed E-state index contributed by atoms with van der Waals surface area (Å²) in [5.74, 6) is -1.02. The first-order chi connectivity index (χ1) is 8.97. The second kappa shape index (κ2) is 5.77. The standard InChI is InChI=1S/C12H9Cl2NO3S/c1-6-15-4-8(19-6)5-18-11-9(12(16)17)2-7(13)3-10(11)14/h2-4H,5H2,1H3,(H,16,17). The van der Waals surface area contributed by atoms with Gasteiger partial charge in [0.2, 0.25) is 0 Å². The van der Waals surface area contributed by atoms with E-state index in [-0.39, 0.29) is 28.0 Å². The van der Waals surface area contributed by atoms with Crippen LogP contribution in [-0.4, -0.2) is 16.1 Å². The number of aromatic nitrogens is 1. The fraction of sp³-hybridized carbons (Fsp3) is 0.167. The molecule has 0 radical (unpaired) electrons. The van der Waals surface area contributed by atoms with Gasteiger partial charge in [0.15, 0.2) is 5.75 Å². The highest BCUT2D eigenvalue weighted by atomic mass is 35.5. The zero-order valence-electron chi connectivity index (χ0n) is 9.81. The van der Waals surface area contributed by atoms with Gasteiger partial charge in [-0.2, -0.15) is 0 Å². The Balaban J connectivity index is 2.26. The van der Waals surface area contributed by atoms with Gasteiger partial charge in [-0.15, -0.1) is 11.3 Å². The van der Waals surface area contributed by atoms with Crippen molar-refractivity contribution in [1.82, 2.24) is 4.98 Å². The minimum absolute atomic E-state index is 0.0567. The highest BCUT2D eigenvalue weighted by Gasteiger charge is 2.17. The van der Waals surface area contributed by atoms with Crippen molar-refractivity contribution in [3.05, 3.63) is 43.8 Å². The first kappa shape index (κ1) is 14.1. The molecular formula is C12H9Cl2NO3S. The van der Waals surface area contributed by atoms with Gasteiger partial charge in [-0.25, -0.2) is 9.78 Å². The van der Waals surface area contributed by atoms with Crippen LogP contribution in [0.25, 0.3) is 0 Å². The van der Waals surface area contributed by atoms with E-state index in [2.05, 4.69) is 4.98 Å². The molecule has 2 aromatic rings. The summed E-state index contributed by atoms with van der Waals surface area (Å²) in [6, 6.07) is 2.76. The molecule has 0 unspecified atom stereocenters. The van der Waals surface area contributed by atoms with E-state index in [4.69, 9.17) is 33.0 Å². The van der Waals surface area contributed by atoms with Crippen LogP contribution in [0.15, 0.2) is 18.3 Å². The average molecular weight is 318 g/mol. The average Bonchev–Trinajstić information content (AvgIpc) is 2.73. The molecule has 1 aromatic carbocycles. The number of ether oxygens (including phenoxy) is 1. The van der Waals surface area contributed by atoms with Crippen LogP contribution in [0.5, 0.6) is 5.75 Å². The minimum atomic E-state index is -1.14. The number of carbonyl (C=O) groups is 1. The van der Waals surface area contributed by atoms with Crippen molar-refractivity contribution < 1.29 is 14.6 Å². The highest BCUT2D eigenvalue weighted by molar-refractivity contribution is 7.11. The molecular weight excluding hydrogens is 309 g/mol. The van der Waals surface area contributed by atoms with Gasteiger partial charge >= 0.3 is 5.97 Å². The van der Waals surface area contributed by atoms with Gasteiger partial charge in [-0.05, 0) is 19.1 Å². The molecule has 1 aromatic heterocycles. The summed E-state index contributed by atoms with van der Waals surface area (Å²) < 4.78 is 5.48. The number of aromatic carboxylic acids is 1. The molecule has 0 fully saturated rings. The maximum atomic E-state index is 11.1. The summed E-state index contributed by atoms with van der Waals surface area (Å²) in [5.41, 5.74) is -0.0567. The zero-order chi connectivity index (χ0) is 14.0. The van der Waals surface area contributed by atoms with Crippen molar-refractivity contribution >= 4 is 40.5 Å². The quantitative estimate of drug-likeness (QED) is 0.924. The van der Waals surface area contributed by atoms with Gasteiger partial charge in [0.25, 0.3) is 0 Å². The number of aryl methyl sites for hydroxylation is 1. The Morgan fingerprint density at radius 3 is 2.79 bits per heavy atom. The first-order valence-corrected chi connectivity index (χ1v) is 6.81. The number of carboxylic acids is 1. The summed E-state index contributed by atoms with van der Waals surface area (Å²) in [6.07, 6.45) is 1.68. The van der Waals surface area contributed by atoms with E-state index >= 15 is 0 Å². The number of thiazole rings is 1. The van der Waals surface area contributed by atoms with Crippen LogP contribution in [0.1, 0.15) is 20.2 Å². The van der Waals surface area contributed by atoms with Gasteiger partial charge in [-0.1, -0.05) is 23.2 Å². The predicted molar refractivity (Wildman–Crippen MR) is 74.6 cm³/mol. The molecule has 0 atom stereocenters. The smallest absolute Gasteiger partial charge is 0.339 e. The summed E-state index contributed by atoms with van der Waals surface area (Å²) in [7, 11) is 0. The number of halogens is 2. The lowest BCUT2D eigenvalue weighted by molar-refractivity contribution is 0.0692. The van der Waals surface area contributed by atoms with E-state index in [1.807, 2.05) is 6.92 Å². The molecule has 0 aliphatic carbocycles. The molecule has 1 N–H and O–H groups in total. The van der Waals surface area contributed by atoms with Crippen molar-refractivity contribution in [2.45, 2.75) is 13.5 Å². The lowest BCUT2D eigenvalue weighted by Gasteiger charge is -2.10. The molecule has 2 rings (SSSR count). The molecule has 0 saturated heterocycles. The maximum absolute atomic E-state index is 11.1. The lowest BCUT2D eigenvalue weighted by atomic mass is 10.2. The first-order valence-electron chi connectivity index (χ1n) is 5.24. The van der Waals surface area contributed by atoms with Crippen LogP contribution in [0.3, 0.4) is 0 Å². The van der Waals surface area contributed by atoms with Crippen molar-refractivity contribution in [3.8, 4) is 5.75 Å². The Morgan fingerprint density at radius 1 is 1.47 bits per heavy atom. The molecule has 100 valence electrons. The van der Waals surface area contributed by atoms with Gasteiger partial charge in [-0.3, -0.25) is 0 Å². The summed E-state index contributed by atoms with van der Waals surface area (Å²) in [5, 5.41) is 10.5. The van der Waals surface area contributed by atoms with Crippen LogP contribution < -0.4 is 4.74 Å². The Labute approximate surface area is 123 Å². The van der Waals surface area contributed by atoms with E-state index < -0.39 is 5.97 Å². The molecule has 0 amide bonds. The van der Waals surface area contributed by atoms with Crippen LogP contribution in [-0.2, 0) is 6.61 Å². The molecule has 1 heterocycles. The zero-order valence-corrected chi connectivity index (χ0v) is 12.1. The second-order valence-electron chi connectivity index (χ2n) is 3.70. The molecule has 4 nitrogen and oxygen atoms in total. The molecule has 0 aliphatic heterocycles. The van der Waals surface area contributed by atoms with Gasteiger partial charge in [0.1, 0.15) is 12.2 Å². The highest BCUT2D eigenvalue weighted by Crippen LogP contribution is 2.33. The van der Waals surface area contributed by atoms with E-state index in [0.29, 0.717) is 0 Å². The molecule has 7 heteroatoms. The largest absolute Gasteiger partial charge is 0.486 e. The minimum Gasteiger partial charge on any atom is -0.486 e. The number of rotatable bonds is 4. The molecule has 0 spiro atoms. The Hall–Kier alpha value is -1.30. The third-order valence-electron chi connectivity index (χ3n) is 2.27. The third kappa shape index (κ3) is 3.37. The normalized spacial score (nSPS) is 10.5. The predicted octanol–water partition coefficient (Wildman–Crippen LogP) is 4.04. The number of hydrogen-bond acceptors (Lipinski definition) is 4. The van der Waals surface area contributed by atoms with E-state index in [1.165, 1.54) is 23.5 Å². The molecule has 0 bridgehead atoms. The summed E-state index contributed by atoms with van der Waals surface area (Å²) >= 11 is 13.2. The van der Waals surface area contributed by atoms with E-state index in [9.17, 15) is 4.79 Å². The van der Waals surface area contributed by atoms with Crippen LogP contribution >= 0.6 is 34.5 Å². The van der Waals surface area contributed by atoms with Crippen molar-refractivity contribution in [2.75, 3.05) is 0 Å². The number of benzene rings is 1. The van der Waals surface area contributed by atoms with Gasteiger partial charge < -0.3 is 9.84 Å². The topological polar surface area (TPSA) is 59.4 Å². The van der Waals surface area contributed by atoms with Crippen LogP contribution in [0, 0.1) is 6.92 Å². The third-order valence-corrected chi connectivity index (χ3v) is 3.65. The van der Waals surface area contributed by atoms with E-state index in [1.54, 1.807) is 6.20 Å². The molecule has 0 aliphatic rings. The number of carboxylic acid groups (broad SMARTS) is 1. The van der Waals surface area contributed by atoms with Crippen molar-refractivity contribution in [2.24, 2.45) is 0 Å². The van der Waals surface area contributed by atoms with Crippen molar-refractivity contribution in [3.63, 3.8) is 0 Å². The SMILES string of the molecule is Cc1ncc(COc2c(Cl)cc(Cl)cc2C(=O)O)s1. The second-order valence-corrected chi connectivity index (χ2v) is 5.87. The Kier molecular flexibility index (Phi) is 4.29. The Morgan fingerprint density at radius 2 is 2.21 bits per heavy atom. The summed E-state index contributed by atoms with van der Waals surface area (Å²) in [4.78, 5) is 16.1. The fourth-order valence-corrected chi connectivity index (χ4v) is 2.74. The van der Waals surface area contributed by atoms with Crippen LogP contribution in [0.4, 0.5) is 0 Å². The summed E-state index contributed by atoms with van der Waals surface area (Å²) in [6.45, 7) is 2.10. The Bertz CT molecular complexity index is 627. The van der Waals surface area contributed by atoms with Gasteiger partial charge in [0.05, 0.1) is 14.9 Å². The number of nitrogens with zero attached hydrogens (tertiary/aromatic N) is 1. The lowest BCUT2D eigenvalue weighted by Crippen LogP contribution is -2.03. The van der Waals surface area contributed by atoms with Crippen molar-refractivity contribution in [1.29, 1.82) is 0 Å². The number of hydrogen-bond donors (Lipinski definition) is 1. The fourth-order valence-electron chi connectivity index (χ4n) is 1.48. The molecule has 19 heavy (non-hydrogen) atoms. The van der Waals surface area contributed by atoms with E-state index in [0.717, 1.165) is 9.88 Å². The van der Waals surface area contributed by atoms with Crippen LogP contribution in [0.2, 0.25) is 10.0 Å². The molecule has 0 saturated carbocycles. The maximum Gasteiger partial charge on any atom is 0.339 e. The van der Waals surface area contributed by atoms with Gasteiger partial charge in [0, 0.05) is 11.2 Å².